The standard InChI is InChI=1S/C15H21ClN2O2/c1-18(15(19)14-4-2-3-9-17-14)10-11-20-13-7-5-12(16)6-8-13/h5-8,14,17H,2-4,9-11H2,1H3. The molecular formula is C15H21ClN2O2. The Morgan fingerprint density at radius 2 is 2.15 bits per heavy atom. The first-order valence-corrected chi connectivity index (χ1v) is 7.41. The fraction of sp³-hybridized carbons (Fsp3) is 0.533. The van der Waals surface area contributed by atoms with Gasteiger partial charge < -0.3 is 15.0 Å². The van der Waals surface area contributed by atoms with Crippen molar-refractivity contribution >= 4 is 17.5 Å². The second kappa shape index (κ2) is 7.50. The number of nitrogens with zero attached hydrogens (tertiary/aromatic N) is 1. The molecule has 1 saturated heterocycles. The Labute approximate surface area is 125 Å². The minimum atomic E-state index is -0.0238. The molecule has 1 amide bonds. The Hall–Kier alpha value is -1.26. The van der Waals surface area contributed by atoms with Crippen LogP contribution in [-0.4, -0.2) is 43.6 Å². The molecule has 20 heavy (non-hydrogen) atoms. The minimum absolute atomic E-state index is 0.0238. The lowest BCUT2D eigenvalue weighted by Gasteiger charge is -2.27. The van der Waals surface area contributed by atoms with E-state index in [2.05, 4.69) is 5.32 Å². The van der Waals surface area contributed by atoms with E-state index in [1.165, 1.54) is 0 Å². The molecule has 0 aliphatic carbocycles. The van der Waals surface area contributed by atoms with E-state index in [1.54, 1.807) is 17.0 Å². The van der Waals surface area contributed by atoms with Crippen LogP contribution in [0.2, 0.25) is 5.02 Å². The molecule has 1 unspecified atom stereocenters. The van der Waals surface area contributed by atoms with Crippen LogP contribution in [0.4, 0.5) is 0 Å². The van der Waals surface area contributed by atoms with Crippen molar-refractivity contribution in [2.45, 2.75) is 25.3 Å². The van der Waals surface area contributed by atoms with Crippen molar-refractivity contribution in [3.8, 4) is 5.75 Å². The summed E-state index contributed by atoms with van der Waals surface area (Å²) in [7, 11) is 1.82. The van der Waals surface area contributed by atoms with Crippen molar-refractivity contribution in [1.29, 1.82) is 0 Å². The molecule has 5 heteroatoms. The van der Waals surface area contributed by atoms with Crippen LogP contribution in [0.25, 0.3) is 0 Å². The summed E-state index contributed by atoms with van der Waals surface area (Å²) in [5.74, 6) is 0.926. The number of hydrogen-bond acceptors (Lipinski definition) is 3. The summed E-state index contributed by atoms with van der Waals surface area (Å²) in [6.45, 7) is 2.00. The summed E-state index contributed by atoms with van der Waals surface area (Å²) in [6, 6.07) is 7.21. The number of nitrogens with one attached hydrogen (secondary N) is 1. The van der Waals surface area contributed by atoms with Gasteiger partial charge in [0.25, 0.3) is 0 Å². The van der Waals surface area contributed by atoms with Crippen molar-refractivity contribution in [2.75, 3.05) is 26.7 Å². The van der Waals surface area contributed by atoms with E-state index in [9.17, 15) is 4.79 Å². The summed E-state index contributed by atoms with van der Waals surface area (Å²) in [6.07, 6.45) is 3.22. The zero-order valence-corrected chi connectivity index (χ0v) is 12.5. The third kappa shape index (κ3) is 4.39. The van der Waals surface area contributed by atoms with Crippen LogP contribution < -0.4 is 10.1 Å². The fourth-order valence-corrected chi connectivity index (χ4v) is 2.40. The van der Waals surface area contributed by atoms with Crippen molar-refractivity contribution in [3.63, 3.8) is 0 Å². The molecule has 0 bridgehead atoms. The SMILES string of the molecule is CN(CCOc1ccc(Cl)cc1)C(=O)C1CCCCN1. The molecule has 110 valence electrons. The number of carbonyl (C=O) groups excluding carboxylic acids is 1. The Balaban J connectivity index is 1.72. The molecule has 0 aromatic heterocycles. The van der Waals surface area contributed by atoms with E-state index in [0.29, 0.717) is 18.2 Å². The number of ether oxygens (including phenoxy) is 1. The predicted molar refractivity (Wildman–Crippen MR) is 80.2 cm³/mol. The Bertz CT molecular complexity index is 430. The highest BCUT2D eigenvalue weighted by molar-refractivity contribution is 6.30. The number of likely N-dealkylation sites (N-methyl/N-ethyl adjacent to an activating group) is 1. The van der Waals surface area contributed by atoms with Gasteiger partial charge in [-0.25, -0.2) is 0 Å². The topological polar surface area (TPSA) is 41.6 Å². The van der Waals surface area contributed by atoms with Gasteiger partial charge in [0.15, 0.2) is 0 Å². The normalized spacial score (nSPS) is 18.6. The first-order chi connectivity index (χ1) is 9.66. The fourth-order valence-electron chi connectivity index (χ4n) is 2.27. The van der Waals surface area contributed by atoms with Crippen molar-refractivity contribution < 1.29 is 9.53 Å². The summed E-state index contributed by atoms with van der Waals surface area (Å²) < 4.78 is 5.60. The van der Waals surface area contributed by atoms with Gasteiger partial charge in [-0.1, -0.05) is 18.0 Å². The highest BCUT2D eigenvalue weighted by Gasteiger charge is 2.23. The number of hydrogen-bond donors (Lipinski definition) is 1. The molecule has 1 aromatic carbocycles. The molecule has 1 atom stereocenters. The molecule has 1 heterocycles. The smallest absolute Gasteiger partial charge is 0.239 e. The van der Waals surface area contributed by atoms with Crippen LogP contribution in [0.3, 0.4) is 0 Å². The monoisotopic (exact) mass is 296 g/mol. The Morgan fingerprint density at radius 3 is 2.80 bits per heavy atom. The largest absolute Gasteiger partial charge is 0.492 e. The van der Waals surface area contributed by atoms with Crippen molar-refractivity contribution in [3.05, 3.63) is 29.3 Å². The van der Waals surface area contributed by atoms with Crippen molar-refractivity contribution in [1.82, 2.24) is 10.2 Å². The van der Waals surface area contributed by atoms with Gasteiger partial charge in [0.2, 0.25) is 5.91 Å². The molecular weight excluding hydrogens is 276 g/mol. The van der Waals surface area contributed by atoms with E-state index in [0.717, 1.165) is 31.6 Å². The van der Waals surface area contributed by atoms with Gasteiger partial charge in [0.05, 0.1) is 12.6 Å². The molecule has 0 saturated carbocycles. The van der Waals surface area contributed by atoms with Gasteiger partial charge in [-0.05, 0) is 43.7 Å². The lowest BCUT2D eigenvalue weighted by molar-refractivity contribution is -0.133. The van der Waals surface area contributed by atoms with E-state index in [1.807, 2.05) is 19.2 Å². The molecule has 1 fully saturated rings. The van der Waals surface area contributed by atoms with E-state index >= 15 is 0 Å². The molecule has 4 nitrogen and oxygen atoms in total. The van der Waals surface area contributed by atoms with Crippen LogP contribution in [0.1, 0.15) is 19.3 Å². The summed E-state index contributed by atoms with van der Waals surface area (Å²) >= 11 is 5.81. The number of rotatable bonds is 5. The average Bonchev–Trinajstić information content (AvgIpc) is 2.49. The maximum atomic E-state index is 12.2. The lowest BCUT2D eigenvalue weighted by atomic mass is 10.0. The van der Waals surface area contributed by atoms with Crippen LogP contribution in [0.5, 0.6) is 5.75 Å². The molecule has 0 radical (unpaired) electrons. The zero-order chi connectivity index (χ0) is 14.4. The molecule has 1 aliphatic rings. The molecule has 2 rings (SSSR count). The maximum Gasteiger partial charge on any atom is 0.239 e. The van der Waals surface area contributed by atoms with Gasteiger partial charge >= 0.3 is 0 Å². The van der Waals surface area contributed by atoms with Gasteiger partial charge in [0, 0.05) is 12.1 Å². The third-order valence-electron chi connectivity index (χ3n) is 3.49. The third-order valence-corrected chi connectivity index (χ3v) is 3.75. The number of piperidine rings is 1. The first kappa shape index (κ1) is 15.1. The number of halogens is 1. The highest BCUT2D eigenvalue weighted by atomic mass is 35.5. The van der Waals surface area contributed by atoms with Crippen LogP contribution in [-0.2, 0) is 4.79 Å². The first-order valence-electron chi connectivity index (χ1n) is 7.03. The van der Waals surface area contributed by atoms with Gasteiger partial charge in [-0.2, -0.15) is 0 Å². The van der Waals surface area contributed by atoms with E-state index in [-0.39, 0.29) is 11.9 Å². The van der Waals surface area contributed by atoms with Crippen LogP contribution in [0.15, 0.2) is 24.3 Å². The number of amides is 1. The average molecular weight is 297 g/mol. The summed E-state index contributed by atoms with van der Waals surface area (Å²) in [5.41, 5.74) is 0. The quantitative estimate of drug-likeness (QED) is 0.907. The highest BCUT2D eigenvalue weighted by Crippen LogP contribution is 2.15. The number of carbonyl (C=O) groups is 1. The molecule has 0 spiro atoms. The summed E-state index contributed by atoms with van der Waals surface area (Å²) in [4.78, 5) is 13.9. The molecule has 1 aliphatic heterocycles. The second-order valence-corrected chi connectivity index (χ2v) is 5.50. The Morgan fingerprint density at radius 1 is 1.40 bits per heavy atom. The van der Waals surface area contributed by atoms with Crippen LogP contribution >= 0.6 is 11.6 Å². The van der Waals surface area contributed by atoms with E-state index < -0.39 is 0 Å². The minimum Gasteiger partial charge on any atom is -0.492 e. The Kier molecular flexibility index (Phi) is 5.68. The van der Waals surface area contributed by atoms with Crippen molar-refractivity contribution in [2.24, 2.45) is 0 Å². The van der Waals surface area contributed by atoms with Gasteiger partial charge in [0.1, 0.15) is 12.4 Å². The molecule has 1 aromatic rings. The number of benzene rings is 1. The van der Waals surface area contributed by atoms with Gasteiger partial charge in [-0.15, -0.1) is 0 Å². The molecule has 1 N–H and O–H groups in total. The maximum absolute atomic E-state index is 12.2. The second-order valence-electron chi connectivity index (χ2n) is 5.06. The zero-order valence-electron chi connectivity index (χ0n) is 11.8. The predicted octanol–water partition coefficient (Wildman–Crippen LogP) is 2.32. The van der Waals surface area contributed by atoms with E-state index in [4.69, 9.17) is 16.3 Å². The van der Waals surface area contributed by atoms with Gasteiger partial charge in [-0.3, -0.25) is 4.79 Å². The summed E-state index contributed by atoms with van der Waals surface area (Å²) in [5, 5.41) is 3.96. The van der Waals surface area contributed by atoms with Crippen LogP contribution in [0, 0.1) is 0 Å². The lowest BCUT2D eigenvalue weighted by Crippen LogP contribution is -2.48.